The maximum Gasteiger partial charge on any atom is 0.177 e. The molecule has 0 aliphatic carbocycles. The lowest BCUT2D eigenvalue weighted by molar-refractivity contribution is -0.274. The lowest BCUT2D eigenvalue weighted by Crippen LogP contribution is -2.60. The van der Waals surface area contributed by atoms with Crippen molar-refractivity contribution in [2.75, 3.05) is 13.2 Å². The lowest BCUT2D eigenvalue weighted by atomic mass is 9.94. The predicted octanol–water partition coefficient (Wildman–Crippen LogP) is 6.24. The SMILES string of the molecule is CCC1=C[C@H](OC[C@H]2O[C@@H](C)[C@H](OCc3ccccc3)[C@@H](OCc3ccccc3)[C@@H]2OCc2ccccc2)OC1. The van der Waals surface area contributed by atoms with Crippen LogP contribution >= 0.6 is 0 Å². The van der Waals surface area contributed by atoms with E-state index >= 15 is 0 Å². The van der Waals surface area contributed by atoms with Gasteiger partial charge >= 0.3 is 0 Å². The summed E-state index contributed by atoms with van der Waals surface area (Å²) < 4.78 is 38.3. The van der Waals surface area contributed by atoms with E-state index in [1.54, 1.807) is 0 Å². The molecule has 2 aliphatic rings. The maximum absolute atomic E-state index is 6.65. The molecule has 0 unspecified atom stereocenters. The van der Waals surface area contributed by atoms with Crippen LogP contribution in [-0.2, 0) is 48.2 Å². The number of hydrogen-bond acceptors (Lipinski definition) is 6. The quantitative estimate of drug-likeness (QED) is 0.238. The molecule has 2 heterocycles. The molecule has 40 heavy (non-hydrogen) atoms. The van der Waals surface area contributed by atoms with Gasteiger partial charge in [-0.05, 0) is 41.7 Å². The van der Waals surface area contributed by atoms with Crippen LogP contribution in [0.5, 0.6) is 0 Å². The van der Waals surface area contributed by atoms with E-state index in [2.05, 4.69) is 49.4 Å². The van der Waals surface area contributed by atoms with Crippen molar-refractivity contribution in [2.45, 2.75) is 76.9 Å². The summed E-state index contributed by atoms with van der Waals surface area (Å²) in [6.45, 7) is 6.41. The fourth-order valence-corrected chi connectivity index (χ4v) is 5.14. The van der Waals surface area contributed by atoms with Crippen molar-refractivity contribution in [1.29, 1.82) is 0 Å². The first-order valence-electron chi connectivity index (χ1n) is 14.2. The highest BCUT2D eigenvalue weighted by atomic mass is 16.7. The van der Waals surface area contributed by atoms with Gasteiger partial charge < -0.3 is 28.4 Å². The van der Waals surface area contributed by atoms with Crippen molar-refractivity contribution in [2.24, 2.45) is 0 Å². The number of ether oxygens (including phenoxy) is 6. The molecule has 0 spiro atoms. The van der Waals surface area contributed by atoms with Crippen LogP contribution in [0.4, 0.5) is 0 Å². The summed E-state index contributed by atoms with van der Waals surface area (Å²) in [4.78, 5) is 0. The molecular weight excluding hydrogens is 504 g/mol. The van der Waals surface area contributed by atoms with E-state index in [4.69, 9.17) is 28.4 Å². The average molecular weight is 545 g/mol. The Morgan fingerprint density at radius 3 is 1.65 bits per heavy atom. The Balaban J connectivity index is 1.36. The third-order valence-corrected chi connectivity index (χ3v) is 7.41. The molecule has 3 aromatic carbocycles. The monoisotopic (exact) mass is 544 g/mol. The second-order valence-electron chi connectivity index (χ2n) is 10.4. The van der Waals surface area contributed by atoms with Crippen LogP contribution in [0.15, 0.2) is 103 Å². The second kappa shape index (κ2) is 14.7. The van der Waals surface area contributed by atoms with E-state index in [-0.39, 0.29) is 30.7 Å². The van der Waals surface area contributed by atoms with Crippen LogP contribution in [0.3, 0.4) is 0 Å². The summed E-state index contributed by atoms with van der Waals surface area (Å²) in [6.07, 6.45) is 0.902. The lowest BCUT2D eigenvalue weighted by Gasteiger charge is -2.45. The molecule has 5 rings (SSSR count). The average Bonchev–Trinajstić information content (AvgIpc) is 3.47. The molecule has 2 aliphatic heterocycles. The molecule has 1 saturated heterocycles. The summed E-state index contributed by atoms with van der Waals surface area (Å²) in [6, 6.07) is 30.5. The number of benzene rings is 3. The van der Waals surface area contributed by atoms with Crippen LogP contribution in [-0.4, -0.2) is 50.0 Å². The Bertz CT molecular complexity index is 1170. The maximum atomic E-state index is 6.65. The topological polar surface area (TPSA) is 55.4 Å². The van der Waals surface area contributed by atoms with Crippen LogP contribution in [0.25, 0.3) is 0 Å². The molecular formula is C34H40O6. The molecule has 0 bridgehead atoms. The fraction of sp³-hybridized carbons (Fsp3) is 0.412. The van der Waals surface area contributed by atoms with E-state index in [0.717, 1.165) is 23.1 Å². The van der Waals surface area contributed by atoms with Crippen LogP contribution in [0, 0.1) is 0 Å². The smallest absolute Gasteiger partial charge is 0.177 e. The highest BCUT2D eigenvalue weighted by molar-refractivity contribution is 5.16. The predicted molar refractivity (Wildman–Crippen MR) is 153 cm³/mol. The molecule has 6 atom stereocenters. The molecule has 0 aromatic heterocycles. The molecule has 0 N–H and O–H groups in total. The minimum atomic E-state index is -0.420. The van der Waals surface area contributed by atoms with Gasteiger partial charge in [0.25, 0.3) is 0 Å². The third-order valence-electron chi connectivity index (χ3n) is 7.41. The zero-order valence-corrected chi connectivity index (χ0v) is 23.4. The van der Waals surface area contributed by atoms with Gasteiger partial charge in [-0.2, -0.15) is 0 Å². The Morgan fingerprint density at radius 1 is 0.650 bits per heavy atom. The molecule has 3 aromatic rings. The van der Waals surface area contributed by atoms with Crippen molar-refractivity contribution < 1.29 is 28.4 Å². The highest BCUT2D eigenvalue weighted by Gasteiger charge is 2.47. The Morgan fingerprint density at radius 2 is 1.15 bits per heavy atom. The molecule has 0 amide bonds. The van der Waals surface area contributed by atoms with Gasteiger partial charge in [0.2, 0.25) is 0 Å². The zero-order valence-electron chi connectivity index (χ0n) is 23.4. The molecule has 1 fully saturated rings. The summed E-state index contributed by atoms with van der Waals surface area (Å²) in [5, 5.41) is 0. The van der Waals surface area contributed by atoms with Gasteiger partial charge in [0.1, 0.15) is 24.4 Å². The minimum Gasteiger partial charge on any atom is -0.368 e. The normalized spacial score (nSPS) is 26.5. The highest BCUT2D eigenvalue weighted by Crippen LogP contribution is 2.31. The van der Waals surface area contributed by atoms with Gasteiger partial charge in [0, 0.05) is 0 Å². The summed E-state index contributed by atoms with van der Waals surface area (Å²) in [7, 11) is 0. The van der Waals surface area contributed by atoms with Crippen molar-refractivity contribution in [3.8, 4) is 0 Å². The third kappa shape index (κ3) is 7.88. The van der Waals surface area contributed by atoms with E-state index < -0.39 is 6.10 Å². The van der Waals surface area contributed by atoms with Crippen LogP contribution in [0.2, 0.25) is 0 Å². The fourth-order valence-electron chi connectivity index (χ4n) is 5.14. The van der Waals surface area contributed by atoms with Gasteiger partial charge in [-0.15, -0.1) is 0 Å². The van der Waals surface area contributed by atoms with Gasteiger partial charge in [-0.1, -0.05) is 97.9 Å². The standard InChI is InChI=1S/C34H40O6/c1-3-26-19-31(35-20-26)36-24-30-33(38-22-28-15-9-5-10-16-28)34(39-23-29-17-11-6-12-18-29)32(25(2)40-30)37-21-27-13-7-4-8-14-27/h4-19,25,30-34H,3,20-24H2,1-2H3/t25-,30+,31-,32-,33+,34+/m0/s1. The van der Waals surface area contributed by atoms with Crippen LogP contribution in [0.1, 0.15) is 37.0 Å². The van der Waals surface area contributed by atoms with E-state index in [9.17, 15) is 0 Å². The molecule has 6 heteroatoms. The van der Waals surface area contributed by atoms with Gasteiger partial charge in [-0.25, -0.2) is 0 Å². The summed E-state index contributed by atoms with van der Waals surface area (Å²) in [5.74, 6) is 0. The summed E-state index contributed by atoms with van der Waals surface area (Å²) >= 11 is 0. The van der Waals surface area contributed by atoms with Crippen molar-refractivity contribution >= 4 is 0 Å². The molecule has 6 nitrogen and oxygen atoms in total. The number of rotatable bonds is 13. The Kier molecular flexibility index (Phi) is 10.5. The zero-order chi connectivity index (χ0) is 27.6. The molecule has 0 saturated carbocycles. The van der Waals surface area contributed by atoms with Gasteiger partial charge in [-0.3, -0.25) is 0 Å². The van der Waals surface area contributed by atoms with E-state index in [1.807, 2.05) is 61.5 Å². The first kappa shape index (κ1) is 28.7. The number of hydrogen-bond donors (Lipinski definition) is 0. The minimum absolute atomic E-state index is 0.235. The first-order chi connectivity index (χ1) is 19.7. The van der Waals surface area contributed by atoms with Crippen molar-refractivity contribution in [3.63, 3.8) is 0 Å². The Hall–Kier alpha value is -2.84. The van der Waals surface area contributed by atoms with Gasteiger partial charge in [0.15, 0.2) is 6.29 Å². The van der Waals surface area contributed by atoms with E-state index in [1.165, 1.54) is 5.57 Å². The largest absolute Gasteiger partial charge is 0.368 e. The summed E-state index contributed by atoms with van der Waals surface area (Å²) in [5.41, 5.74) is 4.52. The first-order valence-corrected chi connectivity index (χ1v) is 14.2. The van der Waals surface area contributed by atoms with Crippen molar-refractivity contribution in [1.82, 2.24) is 0 Å². The second-order valence-corrected chi connectivity index (χ2v) is 10.4. The van der Waals surface area contributed by atoms with Crippen LogP contribution < -0.4 is 0 Å². The van der Waals surface area contributed by atoms with Crippen molar-refractivity contribution in [3.05, 3.63) is 119 Å². The Labute approximate surface area is 237 Å². The molecule has 0 radical (unpaired) electrons. The molecule has 212 valence electrons. The van der Waals surface area contributed by atoms with Gasteiger partial charge in [0.05, 0.1) is 39.1 Å². The van der Waals surface area contributed by atoms with E-state index in [0.29, 0.717) is 33.0 Å².